The molecule has 7 nitrogen and oxygen atoms in total. The van der Waals surface area contributed by atoms with Gasteiger partial charge in [-0.05, 0) is 50.7 Å². The average Bonchev–Trinajstić information content (AvgIpc) is 3.15. The van der Waals surface area contributed by atoms with E-state index >= 15 is 0 Å². The smallest absolute Gasteiger partial charge is 0.177 e. The Bertz CT molecular complexity index is 1190. The summed E-state index contributed by atoms with van der Waals surface area (Å²) in [7, 11) is 0. The molecule has 4 aromatic rings. The zero-order valence-corrected chi connectivity index (χ0v) is 16.7. The molecule has 0 bridgehead atoms. The third-order valence-electron chi connectivity index (χ3n) is 6.43. The molecule has 6 rings (SSSR count). The van der Waals surface area contributed by atoms with Crippen molar-refractivity contribution in [2.45, 2.75) is 51.5 Å². The molecule has 4 aromatic heterocycles. The maximum atomic E-state index is 4.67. The quantitative estimate of drug-likeness (QED) is 0.550. The number of hydrogen-bond acceptors (Lipinski definition) is 5. The van der Waals surface area contributed by atoms with Crippen molar-refractivity contribution >= 4 is 22.5 Å². The lowest BCUT2D eigenvalue weighted by Crippen LogP contribution is -2.13. The Morgan fingerprint density at radius 3 is 2.83 bits per heavy atom. The van der Waals surface area contributed by atoms with E-state index in [9.17, 15) is 0 Å². The number of rotatable bonds is 5. The van der Waals surface area contributed by atoms with Crippen LogP contribution in [0.2, 0.25) is 0 Å². The number of pyridine rings is 1. The van der Waals surface area contributed by atoms with E-state index in [4.69, 9.17) is 0 Å². The first kappa shape index (κ1) is 16.9. The Balaban J connectivity index is 1.43. The highest BCUT2D eigenvalue weighted by atomic mass is 15.3. The summed E-state index contributed by atoms with van der Waals surface area (Å²) in [6.07, 6.45) is 13.3. The van der Waals surface area contributed by atoms with Gasteiger partial charge in [-0.3, -0.25) is 0 Å². The lowest BCUT2D eigenvalue weighted by Gasteiger charge is -2.13. The molecule has 0 amide bonds. The van der Waals surface area contributed by atoms with Crippen LogP contribution < -0.4 is 5.32 Å². The van der Waals surface area contributed by atoms with E-state index < -0.39 is 0 Å². The highest BCUT2D eigenvalue weighted by Crippen LogP contribution is 2.39. The van der Waals surface area contributed by atoms with Gasteiger partial charge in [0.25, 0.3) is 0 Å². The van der Waals surface area contributed by atoms with Crippen LogP contribution in [0.3, 0.4) is 0 Å². The van der Waals surface area contributed by atoms with Gasteiger partial charge in [0.2, 0.25) is 0 Å². The second-order valence-electron chi connectivity index (χ2n) is 8.49. The molecular formula is C22H25N7. The summed E-state index contributed by atoms with van der Waals surface area (Å²) in [6.45, 7) is 3.05. The molecule has 4 heterocycles. The number of fused-ring (bicyclic) bond motifs is 2. The highest BCUT2D eigenvalue weighted by molar-refractivity contribution is 5.90. The highest BCUT2D eigenvalue weighted by Gasteiger charge is 2.27. The number of hydrogen-bond donors (Lipinski definition) is 1. The molecule has 0 aliphatic heterocycles. The molecular weight excluding hydrogens is 362 g/mol. The number of aromatic nitrogens is 6. The van der Waals surface area contributed by atoms with E-state index in [-0.39, 0.29) is 0 Å². The van der Waals surface area contributed by atoms with Crippen LogP contribution >= 0.6 is 0 Å². The third-order valence-corrected chi connectivity index (χ3v) is 6.43. The van der Waals surface area contributed by atoms with E-state index in [1.54, 1.807) is 6.33 Å². The summed E-state index contributed by atoms with van der Waals surface area (Å²) in [5.41, 5.74) is 5.16. The van der Waals surface area contributed by atoms with Crippen LogP contribution in [0.4, 0.5) is 5.82 Å². The Kier molecular flexibility index (Phi) is 3.82. The predicted octanol–water partition coefficient (Wildman–Crippen LogP) is 4.39. The van der Waals surface area contributed by atoms with Gasteiger partial charge in [-0.15, -0.1) is 0 Å². The third kappa shape index (κ3) is 2.87. The molecule has 2 saturated carbocycles. The fraction of sp³-hybridized carbons (Fsp3) is 0.455. The maximum Gasteiger partial charge on any atom is 0.177 e. The fourth-order valence-corrected chi connectivity index (χ4v) is 4.80. The van der Waals surface area contributed by atoms with Crippen molar-refractivity contribution in [3.05, 3.63) is 36.7 Å². The normalized spacial score (nSPS) is 17.6. The van der Waals surface area contributed by atoms with Gasteiger partial charge in [0.05, 0.1) is 5.52 Å². The predicted molar refractivity (Wildman–Crippen MR) is 113 cm³/mol. The van der Waals surface area contributed by atoms with Gasteiger partial charge in [-0.2, -0.15) is 5.10 Å². The van der Waals surface area contributed by atoms with E-state index in [0.717, 1.165) is 51.9 Å². The zero-order chi connectivity index (χ0) is 19.4. The molecule has 0 radical (unpaired) electrons. The van der Waals surface area contributed by atoms with Crippen molar-refractivity contribution in [3.63, 3.8) is 0 Å². The first-order valence-corrected chi connectivity index (χ1v) is 10.7. The van der Waals surface area contributed by atoms with Crippen LogP contribution in [0.25, 0.3) is 27.8 Å². The number of nitrogens with one attached hydrogen (secondary N) is 1. The first-order chi connectivity index (χ1) is 14.3. The molecule has 2 fully saturated rings. The fourth-order valence-electron chi connectivity index (χ4n) is 4.80. The minimum Gasteiger partial charge on any atom is -0.368 e. The lowest BCUT2D eigenvalue weighted by atomic mass is 10.1. The molecule has 2 aliphatic rings. The van der Waals surface area contributed by atoms with Crippen LogP contribution in [-0.4, -0.2) is 35.7 Å². The summed E-state index contributed by atoms with van der Waals surface area (Å²) in [6, 6.07) is 4.91. The zero-order valence-electron chi connectivity index (χ0n) is 16.7. The van der Waals surface area contributed by atoms with E-state index in [1.807, 2.05) is 16.9 Å². The SMILES string of the molecule is Cc1nc2ncc(-c3ccn4ncnc(NCC5CCCC5)c34)cc2n1C1CC1. The van der Waals surface area contributed by atoms with Gasteiger partial charge in [0.1, 0.15) is 17.7 Å². The Hall–Kier alpha value is -2.96. The Morgan fingerprint density at radius 1 is 1.14 bits per heavy atom. The molecule has 2 aliphatic carbocycles. The number of aryl methyl sites for hydroxylation is 1. The van der Waals surface area contributed by atoms with Gasteiger partial charge in [0.15, 0.2) is 11.5 Å². The molecule has 0 saturated heterocycles. The Morgan fingerprint density at radius 2 is 2.00 bits per heavy atom. The van der Waals surface area contributed by atoms with Crippen molar-refractivity contribution in [3.8, 4) is 11.1 Å². The van der Waals surface area contributed by atoms with Crippen molar-refractivity contribution < 1.29 is 0 Å². The summed E-state index contributed by atoms with van der Waals surface area (Å²) in [4.78, 5) is 13.9. The molecule has 148 valence electrons. The van der Waals surface area contributed by atoms with Crippen molar-refractivity contribution in [2.75, 3.05) is 11.9 Å². The Labute approximate surface area is 169 Å². The molecule has 0 aromatic carbocycles. The van der Waals surface area contributed by atoms with E-state index in [1.165, 1.54) is 38.5 Å². The maximum absolute atomic E-state index is 4.67. The summed E-state index contributed by atoms with van der Waals surface area (Å²) >= 11 is 0. The number of anilines is 1. The molecule has 0 unspecified atom stereocenters. The summed E-state index contributed by atoms with van der Waals surface area (Å²) in [5, 5.41) is 8.01. The van der Waals surface area contributed by atoms with Crippen LogP contribution in [0.15, 0.2) is 30.9 Å². The van der Waals surface area contributed by atoms with Crippen molar-refractivity contribution in [2.24, 2.45) is 5.92 Å². The molecule has 29 heavy (non-hydrogen) atoms. The monoisotopic (exact) mass is 387 g/mol. The summed E-state index contributed by atoms with van der Waals surface area (Å²) in [5.74, 6) is 2.70. The topological polar surface area (TPSA) is 72.9 Å². The second-order valence-corrected chi connectivity index (χ2v) is 8.49. The van der Waals surface area contributed by atoms with Gasteiger partial charge in [-0.25, -0.2) is 19.5 Å². The molecule has 1 N–H and O–H groups in total. The van der Waals surface area contributed by atoms with Gasteiger partial charge >= 0.3 is 0 Å². The van der Waals surface area contributed by atoms with E-state index in [2.05, 4.69) is 49.0 Å². The largest absolute Gasteiger partial charge is 0.368 e. The number of imidazole rings is 1. The molecule has 0 atom stereocenters. The average molecular weight is 387 g/mol. The standard InChI is InChI=1S/C22H25N7/c1-14-27-21-19(29(14)17-6-7-17)10-16(12-24-21)18-8-9-28-20(18)22(25-13-26-28)23-11-15-4-2-3-5-15/h8-10,12-13,15,17H,2-7,11H2,1H3,(H,23,25,26). The first-order valence-electron chi connectivity index (χ1n) is 10.7. The van der Waals surface area contributed by atoms with Crippen LogP contribution in [-0.2, 0) is 0 Å². The van der Waals surface area contributed by atoms with Gasteiger partial charge in [0, 0.05) is 36.1 Å². The van der Waals surface area contributed by atoms with Gasteiger partial charge < -0.3 is 9.88 Å². The minimum atomic E-state index is 0.579. The van der Waals surface area contributed by atoms with Crippen LogP contribution in [0.1, 0.15) is 50.4 Å². The lowest BCUT2D eigenvalue weighted by molar-refractivity contribution is 0.579. The van der Waals surface area contributed by atoms with E-state index in [0.29, 0.717) is 6.04 Å². The second kappa shape index (κ2) is 6.54. The summed E-state index contributed by atoms with van der Waals surface area (Å²) < 4.78 is 4.26. The van der Waals surface area contributed by atoms with Crippen molar-refractivity contribution in [1.82, 2.24) is 29.1 Å². The molecule has 0 spiro atoms. The number of nitrogens with zero attached hydrogens (tertiary/aromatic N) is 6. The van der Waals surface area contributed by atoms with Crippen LogP contribution in [0, 0.1) is 12.8 Å². The van der Waals surface area contributed by atoms with Crippen LogP contribution in [0.5, 0.6) is 0 Å². The van der Waals surface area contributed by atoms with Gasteiger partial charge in [-0.1, -0.05) is 12.8 Å². The molecule has 7 heteroatoms. The minimum absolute atomic E-state index is 0.579. The van der Waals surface area contributed by atoms with Crippen molar-refractivity contribution in [1.29, 1.82) is 0 Å².